The molecule has 1 fully saturated rings. The lowest BCUT2D eigenvalue weighted by Crippen LogP contribution is -2.39. The highest BCUT2D eigenvalue weighted by Gasteiger charge is 2.47. The number of nitrogens with zero attached hydrogens (tertiary/aromatic N) is 4. The van der Waals surface area contributed by atoms with Crippen LogP contribution in [-0.4, -0.2) is 43.2 Å². The van der Waals surface area contributed by atoms with Gasteiger partial charge in [-0.2, -0.15) is 0 Å². The zero-order chi connectivity index (χ0) is 23.0. The van der Waals surface area contributed by atoms with Crippen LogP contribution in [0.4, 0.5) is 0 Å². The van der Waals surface area contributed by atoms with Crippen LogP contribution in [0, 0.1) is 12.8 Å². The average Bonchev–Trinajstić information content (AvgIpc) is 3.33. The minimum Gasteiger partial charge on any atom is -0.480 e. The molecule has 166 valence electrons. The SMILES string of the molecule is Cc1ccc2oc3c(Br)c2c1-c1cccc-3c1-c1nnnn1C1CC1C(=O)N[C@@H](C)C(=O)O. The number of aliphatic carboxylic acids is 1. The van der Waals surface area contributed by atoms with Gasteiger partial charge in [-0.25, -0.2) is 4.68 Å². The van der Waals surface area contributed by atoms with Crippen molar-refractivity contribution in [3.8, 4) is 33.8 Å². The van der Waals surface area contributed by atoms with E-state index in [0.717, 1.165) is 43.3 Å². The molecule has 10 heteroatoms. The molecule has 2 N–H and O–H groups in total. The van der Waals surface area contributed by atoms with Crippen molar-refractivity contribution in [2.45, 2.75) is 32.4 Å². The zero-order valence-corrected chi connectivity index (χ0v) is 19.3. The fourth-order valence-corrected chi connectivity index (χ4v) is 5.36. The molecule has 2 aromatic heterocycles. The highest BCUT2D eigenvalue weighted by Crippen LogP contribution is 2.53. The minimum absolute atomic E-state index is 0.246. The Labute approximate surface area is 195 Å². The molecule has 0 spiro atoms. The summed E-state index contributed by atoms with van der Waals surface area (Å²) in [6, 6.07) is 8.82. The molecule has 6 rings (SSSR count). The maximum Gasteiger partial charge on any atom is 0.325 e. The van der Waals surface area contributed by atoms with E-state index < -0.39 is 12.0 Å². The number of amides is 1. The molecular formula is C23H18BrN5O4. The summed E-state index contributed by atoms with van der Waals surface area (Å²) in [5.74, 6) is -0.517. The van der Waals surface area contributed by atoms with Crippen molar-refractivity contribution in [2.75, 3.05) is 0 Å². The second kappa shape index (κ2) is 6.98. The van der Waals surface area contributed by atoms with Crippen molar-refractivity contribution in [3.63, 3.8) is 0 Å². The van der Waals surface area contributed by atoms with Gasteiger partial charge in [0.1, 0.15) is 17.4 Å². The molecule has 0 radical (unpaired) electrons. The van der Waals surface area contributed by atoms with E-state index in [1.165, 1.54) is 6.92 Å². The van der Waals surface area contributed by atoms with Gasteiger partial charge in [-0.05, 0) is 69.4 Å². The topological polar surface area (TPSA) is 123 Å². The second-order valence-electron chi connectivity index (χ2n) is 8.53. The third-order valence-electron chi connectivity index (χ3n) is 6.44. The van der Waals surface area contributed by atoms with Crippen LogP contribution in [0.25, 0.3) is 44.8 Å². The summed E-state index contributed by atoms with van der Waals surface area (Å²) in [5.41, 5.74) is 5.66. The van der Waals surface area contributed by atoms with E-state index in [-0.39, 0.29) is 17.9 Å². The Morgan fingerprint density at radius 1 is 1.24 bits per heavy atom. The van der Waals surface area contributed by atoms with E-state index in [4.69, 9.17) is 9.52 Å². The van der Waals surface area contributed by atoms with E-state index in [1.807, 2.05) is 30.3 Å². The monoisotopic (exact) mass is 507 g/mol. The Morgan fingerprint density at radius 3 is 2.82 bits per heavy atom. The lowest BCUT2D eigenvalue weighted by molar-refractivity contribution is -0.141. The largest absolute Gasteiger partial charge is 0.480 e. The van der Waals surface area contributed by atoms with E-state index in [2.05, 4.69) is 43.7 Å². The molecular weight excluding hydrogens is 490 g/mol. The number of carboxylic acid groups (broad SMARTS) is 1. The molecule has 4 aromatic rings. The number of nitrogens with one attached hydrogen (secondary N) is 1. The summed E-state index contributed by atoms with van der Waals surface area (Å²) in [6.45, 7) is 3.50. The number of benzene rings is 2. The van der Waals surface area contributed by atoms with Gasteiger partial charge in [0.05, 0.1) is 16.4 Å². The predicted octanol–water partition coefficient (Wildman–Crippen LogP) is 3.95. The number of hydrogen-bond donors (Lipinski definition) is 2. The molecule has 2 aliphatic rings. The van der Waals surface area contributed by atoms with E-state index in [9.17, 15) is 9.59 Å². The molecule has 0 saturated heterocycles. The Balaban J connectivity index is 1.46. The van der Waals surface area contributed by atoms with Gasteiger partial charge in [-0.1, -0.05) is 24.3 Å². The van der Waals surface area contributed by atoms with Gasteiger partial charge in [0.25, 0.3) is 0 Å². The molecule has 9 nitrogen and oxygen atoms in total. The number of aromatic nitrogens is 4. The van der Waals surface area contributed by atoms with Gasteiger partial charge >= 0.3 is 5.97 Å². The van der Waals surface area contributed by atoms with Crippen molar-refractivity contribution in [1.29, 1.82) is 0 Å². The van der Waals surface area contributed by atoms with Gasteiger partial charge in [0.2, 0.25) is 5.91 Å². The number of furan rings is 1. The lowest BCUT2D eigenvalue weighted by atomic mass is 9.92. The van der Waals surface area contributed by atoms with E-state index in [1.54, 1.807) is 4.68 Å². The van der Waals surface area contributed by atoms with Crippen LogP contribution in [0.1, 0.15) is 24.9 Å². The Hall–Kier alpha value is -3.53. The van der Waals surface area contributed by atoms with E-state index in [0.29, 0.717) is 18.0 Å². The van der Waals surface area contributed by atoms with Crippen LogP contribution in [0.3, 0.4) is 0 Å². The maximum absolute atomic E-state index is 12.6. The van der Waals surface area contributed by atoms with E-state index >= 15 is 0 Å². The van der Waals surface area contributed by atoms with Crippen molar-refractivity contribution in [1.82, 2.24) is 25.5 Å². The number of carboxylic acids is 1. The summed E-state index contributed by atoms with van der Waals surface area (Å²) in [5, 5.41) is 25.1. The first-order valence-corrected chi connectivity index (χ1v) is 11.3. The van der Waals surface area contributed by atoms with Crippen LogP contribution in [0.2, 0.25) is 0 Å². The third kappa shape index (κ3) is 2.86. The fraction of sp³-hybridized carbons (Fsp3) is 0.261. The summed E-state index contributed by atoms with van der Waals surface area (Å²) in [6.07, 6.45) is 0.538. The fourth-order valence-electron chi connectivity index (χ4n) is 4.67. The van der Waals surface area contributed by atoms with Gasteiger partial charge in [0.15, 0.2) is 5.82 Å². The maximum atomic E-state index is 12.6. The standard InChI is InChI=1S/C23H18BrN5O4/c1-9-6-7-15-18-16(9)11-4-3-5-12(20(33-15)19(18)24)17(11)21-26-27-28-29(21)14-8-13(14)22(30)25-10(2)23(31)32/h3-7,10,13-14H,8H2,1-2H3,(H,25,30)(H,31,32)/t10-,13?,14?/m0/s1. The van der Waals surface area contributed by atoms with Gasteiger partial charge in [-0.15, -0.1) is 5.10 Å². The Bertz CT molecular complexity index is 1490. The number of aryl methyl sites for hydroxylation is 1. The third-order valence-corrected chi connectivity index (χ3v) is 7.19. The van der Waals surface area contributed by atoms with Crippen molar-refractivity contribution < 1.29 is 19.1 Å². The molecule has 4 bridgehead atoms. The average molecular weight is 508 g/mol. The molecule has 2 aliphatic carbocycles. The Morgan fingerprint density at radius 2 is 2.03 bits per heavy atom. The van der Waals surface area contributed by atoms with Crippen LogP contribution in [0.5, 0.6) is 0 Å². The minimum atomic E-state index is -1.08. The van der Waals surface area contributed by atoms with Crippen LogP contribution >= 0.6 is 15.9 Å². The number of rotatable bonds is 5. The molecule has 2 unspecified atom stereocenters. The number of carbonyl (C=O) groups is 2. The number of fused-ring (bicyclic) bond motifs is 5. The van der Waals surface area contributed by atoms with Crippen molar-refractivity contribution in [2.24, 2.45) is 5.92 Å². The van der Waals surface area contributed by atoms with Crippen molar-refractivity contribution in [3.05, 3.63) is 40.4 Å². The number of carbonyl (C=O) groups excluding carboxylic acids is 1. The number of hydrogen-bond acceptors (Lipinski definition) is 6. The van der Waals surface area contributed by atoms with Gasteiger partial charge in [-0.3, -0.25) is 9.59 Å². The lowest BCUT2D eigenvalue weighted by Gasteiger charge is -2.16. The van der Waals surface area contributed by atoms with Gasteiger partial charge < -0.3 is 14.8 Å². The molecule has 33 heavy (non-hydrogen) atoms. The molecule has 2 heterocycles. The molecule has 0 aliphatic heterocycles. The smallest absolute Gasteiger partial charge is 0.325 e. The first-order chi connectivity index (χ1) is 15.9. The normalized spacial score (nSPS) is 18.9. The quantitative estimate of drug-likeness (QED) is 0.369. The summed E-state index contributed by atoms with van der Waals surface area (Å²) in [7, 11) is 0. The Kier molecular flexibility index (Phi) is 4.25. The zero-order valence-electron chi connectivity index (χ0n) is 17.7. The van der Waals surface area contributed by atoms with Crippen molar-refractivity contribution >= 4 is 38.8 Å². The summed E-state index contributed by atoms with van der Waals surface area (Å²) in [4.78, 5) is 23.6. The first-order valence-electron chi connectivity index (χ1n) is 10.5. The van der Waals surface area contributed by atoms with Gasteiger partial charge in [0, 0.05) is 16.5 Å². The first kappa shape index (κ1) is 20.1. The van der Waals surface area contributed by atoms with Crippen LogP contribution in [0.15, 0.2) is 39.2 Å². The molecule has 1 saturated carbocycles. The summed E-state index contributed by atoms with van der Waals surface area (Å²) < 4.78 is 8.78. The molecule has 1 amide bonds. The summed E-state index contributed by atoms with van der Waals surface area (Å²) >= 11 is 3.74. The highest BCUT2D eigenvalue weighted by molar-refractivity contribution is 9.10. The molecule has 3 atom stereocenters. The molecule has 2 aromatic carbocycles. The number of tetrazole rings is 1. The number of halogens is 1. The predicted molar refractivity (Wildman–Crippen MR) is 122 cm³/mol. The second-order valence-corrected chi connectivity index (χ2v) is 9.32. The van der Waals surface area contributed by atoms with Crippen LogP contribution in [-0.2, 0) is 9.59 Å². The van der Waals surface area contributed by atoms with Crippen LogP contribution < -0.4 is 5.32 Å². The highest BCUT2D eigenvalue weighted by atomic mass is 79.9.